The van der Waals surface area contributed by atoms with Crippen molar-refractivity contribution in [1.82, 2.24) is 4.98 Å². The fraction of sp³-hybridized carbons (Fsp3) is 0.267. The van der Waals surface area contributed by atoms with Crippen LogP contribution in [0.1, 0.15) is 20.8 Å². The second kappa shape index (κ2) is 5.79. The van der Waals surface area contributed by atoms with Gasteiger partial charge in [0.2, 0.25) is 5.88 Å². The van der Waals surface area contributed by atoms with Crippen molar-refractivity contribution < 1.29 is 9.13 Å². The summed E-state index contributed by atoms with van der Waals surface area (Å²) < 4.78 is 19.4. The number of ether oxygens (including phenoxy) is 1. The van der Waals surface area contributed by atoms with Crippen LogP contribution >= 0.6 is 15.9 Å². The predicted octanol–water partition coefficient (Wildman–Crippen LogP) is 4.99. The van der Waals surface area contributed by atoms with E-state index in [2.05, 4.69) is 26.2 Å². The molecule has 0 unspecified atom stereocenters. The number of pyridine rings is 1. The van der Waals surface area contributed by atoms with Gasteiger partial charge in [0.15, 0.2) is 0 Å². The Hall–Kier alpha value is -1.62. The molecule has 5 heteroatoms. The summed E-state index contributed by atoms with van der Waals surface area (Å²) in [5.74, 6) is 1.17. The smallest absolute Gasteiger partial charge is 0.221 e. The Balaban J connectivity index is 2.17. The molecule has 0 saturated carbocycles. The van der Waals surface area contributed by atoms with E-state index in [4.69, 9.17) is 4.74 Å². The number of rotatable bonds is 3. The second-order valence-corrected chi connectivity index (χ2v) is 6.27. The largest absolute Gasteiger partial charge is 0.439 e. The van der Waals surface area contributed by atoms with Gasteiger partial charge in [0.05, 0.1) is 4.47 Å². The summed E-state index contributed by atoms with van der Waals surface area (Å²) in [6, 6.07) is 10.0. The number of nitrogens with zero attached hydrogens (tertiary/aromatic N) is 1. The SMILES string of the molecule is CC(C)(C)Nc1cccc(Oc2ccc(Br)c(F)c2)n1. The summed E-state index contributed by atoms with van der Waals surface area (Å²) in [5, 5.41) is 3.26. The molecule has 0 saturated heterocycles. The van der Waals surface area contributed by atoms with Crippen LogP contribution in [0.4, 0.5) is 10.2 Å². The van der Waals surface area contributed by atoms with Gasteiger partial charge in [0.1, 0.15) is 17.4 Å². The maximum atomic E-state index is 13.4. The minimum atomic E-state index is -0.369. The van der Waals surface area contributed by atoms with Crippen molar-refractivity contribution in [3.63, 3.8) is 0 Å². The van der Waals surface area contributed by atoms with E-state index in [1.165, 1.54) is 6.07 Å². The normalized spacial score (nSPS) is 11.2. The molecule has 0 bridgehead atoms. The predicted molar refractivity (Wildman–Crippen MR) is 81.8 cm³/mol. The molecule has 0 aliphatic carbocycles. The van der Waals surface area contributed by atoms with Crippen LogP contribution < -0.4 is 10.1 Å². The first-order valence-electron chi connectivity index (χ1n) is 6.22. The topological polar surface area (TPSA) is 34.1 Å². The molecule has 20 heavy (non-hydrogen) atoms. The molecule has 0 aliphatic rings. The monoisotopic (exact) mass is 338 g/mol. The van der Waals surface area contributed by atoms with E-state index >= 15 is 0 Å². The van der Waals surface area contributed by atoms with Gasteiger partial charge in [-0.25, -0.2) is 4.39 Å². The van der Waals surface area contributed by atoms with E-state index in [1.807, 2.05) is 32.9 Å². The molecule has 0 fully saturated rings. The zero-order valence-electron chi connectivity index (χ0n) is 11.6. The average Bonchev–Trinajstić information content (AvgIpc) is 2.32. The third-order valence-electron chi connectivity index (χ3n) is 2.34. The van der Waals surface area contributed by atoms with E-state index < -0.39 is 0 Å². The quantitative estimate of drug-likeness (QED) is 0.856. The Kier molecular flexibility index (Phi) is 4.28. The van der Waals surface area contributed by atoms with Crippen LogP contribution in [0.25, 0.3) is 0 Å². The fourth-order valence-electron chi connectivity index (χ4n) is 1.59. The van der Waals surface area contributed by atoms with Crippen LogP contribution in [0, 0.1) is 5.82 Å². The van der Waals surface area contributed by atoms with Crippen molar-refractivity contribution in [2.75, 3.05) is 5.32 Å². The van der Waals surface area contributed by atoms with Crippen molar-refractivity contribution in [2.24, 2.45) is 0 Å². The molecule has 3 nitrogen and oxygen atoms in total. The number of halogens is 2. The Morgan fingerprint density at radius 2 is 1.95 bits per heavy atom. The molecule has 1 heterocycles. The molecule has 0 spiro atoms. The van der Waals surface area contributed by atoms with Gasteiger partial charge in [-0.3, -0.25) is 0 Å². The number of anilines is 1. The van der Waals surface area contributed by atoms with Gasteiger partial charge in [-0.1, -0.05) is 6.07 Å². The lowest BCUT2D eigenvalue weighted by atomic mass is 10.1. The molecule has 2 aromatic rings. The summed E-state index contributed by atoms with van der Waals surface area (Å²) in [6.45, 7) is 6.14. The summed E-state index contributed by atoms with van der Waals surface area (Å²) >= 11 is 3.10. The first-order valence-corrected chi connectivity index (χ1v) is 7.01. The summed E-state index contributed by atoms with van der Waals surface area (Å²) in [7, 11) is 0. The highest BCUT2D eigenvalue weighted by atomic mass is 79.9. The van der Waals surface area contributed by atoms with Crippen LogP contribution in [-0.4, -0.2) is 10.5 Å². The summed E-state index contributed by atoms with van der Waals surface area (Å²) in [5.41, 5.74) is -0.0880. The number of hydrogen-bond acceptors (Lipinski definition) is 3. The minimum absolute atomic E-state index is 0.0880. The molecular formula is C15H16BrFN2O. The van der Waals surface area contributed by atoms with Crippen molar-refractivity contribution >= 4 is 21.7 Å². The molecule has 0 amide bonds. The molecule has 106 valence electrons. The fourth-order valence-corrected chi connectivity index (χ4v) is 1.83. The molecule has 1 N–H and O–H groups in total. The van der Waals surface area contributed by atoms with Crippen LogP contribution in [0.2, 0.25) is 0 Å². The van der Waals surface area contributed by atoms with E-state index in [0.29, 0.717) is 21.9 Å². The Labute approximate surface area is 126 Å². The number of aromatic nitrogens is 1. The zero-order chi connectivity index (χ0) is 14.8. The van der Waals surface area contributed by atoms with Crippen molar-refractivity contribution in [3.8, 4) is 11.6 Å². The second-order valence-electron chi connectivity index (χ2n) is 5.41. The van der Waals surface area contributed by atoms with Crippen molar-refractivity contribution in [1.29, 1.82) is 0 Å². The van der Waals surface area contributed by atoms with Gasteiger partial charge < -0.3 is 10.1 Å². The lowest BCUT2D eigenvalue weighted by molar-refractivity contribution is 0.457. The van der Waals surface area contributed by atoms with E-state index in [9.17, 15) is 4.39 Å². The maximum absolute atomic E-state index is 13.4. The van der Waals surface area contributed by atoms with Gasteiger partial charge in [-0.15, -0.1) is 0 Å². The lowest BCUT2D eigenvalue weighted by Gasteiger charge is -2.21. The number of benzene rings is 1. The van der Waals surface area contributed by atoms with E-state index in [-0.39, 0.29) is 11.4 Å². The van der Waals surface area contributed by atoms with Gasteiger partial charge in [-0.05, 0) is 54.9 Å². The van der Waals surface area contributed by atoms with Gasteiger partial charge in [-0.2, -0.15) is 4.98 Å². The van der Waals surface area contributed by atoms with Gasteiger partial charge in [0, 0.05) is 17.7 Å². The van der Waals surface area contributed by atoms with E-state index in [0.717, 1.165) is 0 Å². The van der Waals surface area contributed by atoms with Crippen molar-refractivity contribution in [2.45, 2.75) is 26.3 Å². The summed E-state index contributed by atoms with van der Waals surface area (Å²) in [6.07, 6.45) is 0. The molecule has 1 aromatic heterocycles. The maximum Gasteiger partial charge on any atom is 0.221 e. The highest BCUT2D eigenvalue weighted by Gasteiger charge is 2.11. The van der Waals surface area contributed by atoms with Gasteiger partial charge in [0.25, 0.3) is 0 Å². The van der Waals surface area contributed by atoms with Gasteiger partial charge >= 0.3 is 0 Å². The van der Waals surface area contributed by atoms with Crippen LogP contribution in [0.3, 0.4) is 0 Å². The summed E-state index contributed by atoms with van der Waals surface area (Å²) in [4.78, 5) is 4.34. The Morgan fingerprint density at radius 1 is 1.20 bits per heavy atom. The van der Waals surface area contributed by atoms with Crippen LogP contribution in [-0.2, 0) is 0 Å². The number of nitrogens with one attached hydrogen (secondary N) is 1. The average molecular weight is 339 g/mol. The molecule has 0 aliphatic heterocycles. The minimum Gasteiger partial charge on any atom is -0.439 e. The molecule has 0 atom stereocenters. The number of hydrogen-bond donors (Lipinski definition) is 1. The first-order chi connectivity index (χ1) is 9.33. The van der Waals surface area contributed by atoms with Crippen LogP contribution in [0.15, 0.2) is 40.9 Å². The van der Waals surface area contributed by atoms with Crippen LogP contribution in [0.5, 0.6) is 11.6 Å². The third-order valence-corrected chi connectivity index (χ3v) is 2.98. The molecule has 1 aromatic carbocycles. The molecule has 0 radical (unpaired) electrons. The zero-order valence-corrected chi connectivity index (χ0v) is 13.2. The van der Waals surface area contributed by atoms with Crippen molar-refractivity contribution in [3.05, 3.63) is 46.7 Å². The standard InChI is InChI=1S/C15H16BrFN2O/c1-15(2,3)19-13-5-4-6-14(18-13)20-10-7-8-11(16)12(17)9-10/h4-9H,1-3H3,(H,18,19). The third kappa shape index (κ3) is 4.20. The Morgan fingerprint density at radius 3 is 2.60 bits per heavy atom. The Bertz CT molecular complexity index is 611. The highest BCUT2D eigenvalue weighted by molar-refractivity contribution is 9.10. The molecular weight excluding hydrogens is 323 g/mol. The lowest BCUT2D eigenvalue weighted by Crippen LogP contribution is -2.26. The highest BCUT2D eigenvalue weighted by Crippen LogP contribution is 2.25. The van der Waals surface area contributed by atoms with E-state index in [1.54, 1.807) is 18.2 Å². The first kappa shape index (κ1) is 14.8. The molecule has 2 rings (SSSR count).